The van der Waals surface area contributed by atoms with Gasteiger partial charge in [0.1, 0.15) is 34.3 Å². The Morgan fingerprint density at radius 1 is 1.11 bits per heavy atom. The fraction of sp³-hybridized carbons (Fsp3) is 0.261. The molecule has 1 aliphatic rings. The van der Waals surface area contributed by atoms with Gasteiger partial charge in [0.05, 0.1) is 5.69 Å². The molecule has 184 valence electrons. The van der Waals surface area contributed by atoms with Gasteiger partial charge in [-0.15, -0.1) is 0 Å². The molecule has 36 heavy (non-hydrogen) atoms. The van der Waals surface area contributed by atoms with Crippen molar-refractivity contribution in [1.82, 2.24) is 29.4 Å². The summed E-state index contributed by atoms with van der Waals surface area (Å²) in [4.78, 5) is 13.7. The standard InChI is InChI=1S/C23H24N10O2S/c1-14-11-19(30-29-14)26-18-12-20(33-9-7-32(2)8-10-33)28-23(27-18)35-16-5-3-15(4-6-16)25-22-17(13-24)21(34)31-36-22/h3-6,11-12,25H,7-10H2,1-2H3,(H,31,34)(H2,26,27,28,29,30). The molecule has 0 atom stereocenters. The van der Waals surface area contributed by atoms with Gasteiger partial charge >= 0.3 is 6.01 Å². The van der Waals surface area contributed by atoms with Crippen LogP contribution >= 0.6 is 11.5 Å². The van der Waals surface area contributed by atoms with Crippen LogP contribution in [0.4, 0.5) is 28.1 Å². The molecule has 0 amide bonds. The molecule has 4 aromatic rings. The molecule has 3 aromatic heterocycles. The second kappa shape index (κ2) is 10.1. The summed E-state index contributed by atoms with van der Waals surface area (Å²) in [6, 6.07) is 13.1. The number of rotatable bonds is 7. The zero-order valence-corrected chi connectivity index (χ0v) is 20.5. The molecular formula is C23H24N10O2S. The highest BCUT2D eigenvalue weighted by Gasteiger charge is 2.18. The first-order valence-electron chi connectivity index (χ1n) is 11.2. The average Bonchev–Trinajstić information content (AvgIpc) is 3.44. The number of aryl methyl sites for hydroxylation is 1. The largest absolute Gasteiger partial charge is 0.492 e. The molecule has 0 bridgehead atoms. The normalized spacial score (nSPS) is 13.9. The number of ether oxygens (including phenoxy) is 1. The van der Waals surface area contributed by atoms with Crippen molar-refractivity contribution in [3.8, 4) is 23.7 Å². The van der Waals surface area contributed by atoms with Crippen LogP contribution in [0.3, 0.4) is 0 Å². The second-order valence-corrected chi connectivity index (χ2v) is 9.08. The van der Waals surface area contributed by atoms with Crippen LogP contribution in [0.1, 0.15) is 11.3 Å². The number of nitrogens with one attached hydrogen (secondary N) is 3. The van der Waals surface area contributed by atoms with E-state index < -0.39 is 0 Å². The summed E-state index contributed by atoms with van der Waals surface area (Å²) in [7, 11) is 2.11. The maximum Gasteiger partial charge on any atom is 0.325 e. The summed E-state index contributed by atoms with van der Waals surface area (Å²) in [5.41, 5.74) is 1.69. The summed E-state index contributed by atoms with van der Waals surface area (Å²) in [5.74, 6) is 2.36. The molecule has 12 nitrogen and oxygen atoms in total. The number of hydrogen-bond donors (Lipinski definition) is 4. The van der Waals surface area contributed by atoms with Gasteiger partial charge in [-0.2, -0.15) is 24.7 Å². The molecule has 1 aromatic carbocycles. The molecule has 4 heterocycles. The van der Waals surface area contributed by atoms with Gasteiger partial charge in [-0.25, -0.2) is 0 Å². The molecule has 0 unspecified atom stereocenters. The number of H-pyrrole nitrogens is 1. The smallest absolute Gasteiger partial charge is 0.325 e. The Labute approximate surface area is 211 Å². The Balaban J connectivity index is 1.36. The van der Waals surface area contributed by atoms with E-state index in [0.717, 1.165) is 55.0 Å². The predicted molar refractivity (Wildman–Crippen MR) is 137 cm³/mol. The van der Waals surface area contributed by atoms with Crippen LogP contribution in [-0.4, -0.2) is 67.8 Å². The Morgan fingerprint density at radius 2 is 1.89 bits per heavy atom. The maximum atomic E-state index is 9.65. The number of nitrogens with zero attached hydrogens (tertiary/aromatic N) is 7. The monoisotopic (exact) mass is 504 g/mol. The van der Waals surface area contributed by atoms with Crippen molar-refractivity contribution in [3.05, 3.63) is 47.7 Å². The lowest BCUT2D eigenvalue weighted by molar-refractivity contribution is 0.311. The van der Waals surface area contributed by atoms with Gasteiger partial charge in [0.2, 0.25) is 5.88 Å². The molecule has 1 aliphatic heterocycles. The average molecular weight is 505 g/mol. The fourth-order valence-electron chi connectivity index (χ4n) is 3.65. The number of aromatic hydroxyl groups is 1. The van der Waals surface area contributed by atoms with Gasteiger partial charge in [0.25, 0.3) is 0 Å². The highest BCUT2D eigenvalue weighted by atomic mass is 32.1. The topological polar surface area (TPSA) is 151 Å². The third-order valence-electron chi connectivity index (χ3n) is 5.60. The second-order valence-electron chi connectivity index (χ2n) is 8.31. The lowest BCUT2D eigenvalue weighted by Crippen LogP contribution is -2.44. The summed E-state index contributed by atoms with van der Waals surface area (Å²) in [5, 5.41) is 32.7. The van der Waals surface area contributed by atoms with Crippen molar-refractivity contribution in [3.63, 3.8) is 0 Å². The van der Waals surface area contributed by atoms with Crippen molar-refractivity contribution in [2.24, 2.45) is 0 Å². The van der Waals surface area contributed by atoms with E-state index >= 15 is 0 Å². The van der Waals surface area contributed by atoms with E-state index in [1.807, 2.05) is 25.1 Å². The lowest BCUT2D eigenvalue weighted by Gasteiger charge is -2.33. The van der Waals surface area contributed by atoms with E-state index in [9.17, 15) is 10.4 Å². The van der Waals surface area contributed by atoms with Gasteiger partial charge in [0.15, 0.2) is 5.56 Å². The molecule has 4 N–H and O–H groups in total. The number of aromatic nitrogens is 5. The maximum absolute atomic E-state index is 9.65. The number of nitriles is 1. The molecule has 1 saturated heterocycles. The number of hydrogen-bond acceptors (Lipinski definition) is 12. The van der Waals surface area contributed by atoms with E-state index in [0.29, 0.717) is 22.3 Å². The van der Waals surface area contributed by atoms with Crippen LogP contribution < -0.4 is 20.3 Å². The minimum Gasteiger partial charge on any atom is -0.492 e. The number of benzene rings is 1. The first-order valence-corrected chi connectivity index (χ1v) is 12.0. The van der Waals surface area contributed by atoms with Gasteiger partial charge in [-0.1, -0.05) is 0 Å². The third kappa shape index (κ3) is 5.29. The quantitative estimate of drug-likeness (QED) is 0.292. The summed E-state index contributed by atoms with van der Waals surface area (Å²) in [6.07, 6.45) is 0. The zero-order valence-electron chi connectivity index (χ0n) is 19.7. The van der Waals surface area contributed by atoms with Gasteiger partial charge in [-0.05, 0) is 49.8 Å². The minimum atomic E-state index is -0.281. The zero-order chi connectivity index (χ0) is 25.1. The summed E-state index contributed by atoms with van der Waals surface area (Å²) < 4.78 is 9.81. The van der Waals surface area contributed by atoms with Crippen molar-refractivity contribution in [2.45, 2.75) is 6.92 Å². The summed E-state index contributed by atoms with van der Waals surface area (Å²) >= 11 is 1.01. The molecule has 1 fully saturated rings. The SMILES string of the molecule is Cc1cc(Nc2cc(N3CCN(C)CC3)nc(Oc3ccc(Nc4snc(O)c4C#N)cc3)n2)[nH]n1. The molecule has 0 radical (unpaired) electrons. The van der Waals surface area contributed by atoms with Crippen molar-refractivity contribution < 1.29 is 9.84 Å². The molecule has 5 rings (SSSR count). The number of anilines is 5. The van der Waals surface area contributed by atoms with Crippen molar-refractivity contribution in [1.29, 1.82) is 5.26 Å². The Kier molecular flexibility index (Phi) is 6.52. The first kappa shape index (κ1) is 23.3. The van der Waals surface area contributed by atoms with Gasteiger partial charge in [0, 0.05) is 44.0 Å². The third-order valence-corrected chi connectivity index (χ3v) is 6.35. The Hall–Kier alpha value is -4.41. The van der Waals surface area contributed by atoms with E-state index in [2.05, 4.69) is 52.0 Å². The predicted octanol–water partition coefficient (Wildman–Crippen LogP) is 3.57. The number of likely N-dealkylation sites (N-methyl/N-ethyl adjacent to an activating group) is 1. The van der Waals surface area contributed by atoms with Gasteiger partial charge < -0.3 is 30.3 Å². The Morgan fingerprint density at radius 3 is 2.58 bits per heavy atom. The minimum absolute atomic E-state index is 0.113. The highest BCUT2D eigenvalue weighted by Crippen LogP contribution is 2.32. The van der Waals surface area contributed by atoms with Crippen LogP contribution in [0, 0.1) is 18.3 Å². The molecular weight excluding hydrogens is 480 g/mol. The summed E-state index contributed by atoms with van der Waals surface area (Å²) in [6.45, 7) is 5.51. The highest BCUT2D eigenvalue weighted by molar-refractivity contribution is 7.10. The number of aromatic amines is 1. The molecule has 13 heteroatoms. The van der Waals surface area contributed by atoms with Crippen LogP contribution in [0.25, 0.3) is 0 Å². The van der Waals surface area contributed by atoms with E-state index in [4.69, 9.17) is 4.74 Å². The van der Waals surface area contributed by atoms with Crippen LogP contribution in [0.5, 0.6) is 17.6 Å². The van der Waals surface area contributed by atoms with Crippen LogP contribution in [0.2, 0.25) is 0 Å². The van der Waals surface area contributed by atoms with Crippen LogP contribution in [0.15, 0.2) is 36.4 Å². The van der Waals surface area contributed by atoms with E-state index in [1.54, 1.807) is 24.3 Å². The lowest BCUT2D eigenvalue weighted by atomic mass is 10.3. The fourth-order valence-corrected chi connectivity index (χ4v) is 4.32. The van der Waals surface area contributed by atoms with Gasteiger partial charge in [-0.3, -0.25) is 5.10 Å². The van der Waals surface area contributed by atoms with Crippen molar-refractivity contribution in [2.75, 3.05) is 48.8 Å². The number of piperazine rings is 1. The van der Waals surface area contributed by atoms with E-state index in [-0.39, 0.29) is 17.5 Å². The molecule has 0 spiro atoms. The first-order chi connectivity index (χ1) is 17.5. The van der Waals surface area contributed by atoms with E-state index in [1.165, 1.54) is 0 Å². The Bertz CT molecular complexity index is 1390. The van der Waals surface area contributed by atoms with Crippen LogP contribution in [-0.2, 0) is 0 Å². The molecule has 0 saturated carbocycles. The molecule has 0 aliphatic carbocycles. The van der Waals surface area contributed by atoms with Crippen molar-refractivity contribution >= 4 is 39.7 Å².